The largest absolute Gasteiger partial charge is 0.352 e. The highest BCUT2D eigenvalue weighted by Crippen LogP contribution is 2.22. The van der Waals surface area contributed by atoms with E-state index in [4.69, 9.17) is 5.73 Å². The van der Waals surface area contributed by atoms with E-state index in [0.717, 1.165) is 31.4 Å². The monoisotopic (exact) mass is 258 g/mol. The molecule has 1 rings (SSSR count). The van der Waals surface area contributed by atoms with Gasteiger partial charge in [0.05, 0.1) is 5.92 Å². The highest BCUT2D eigenvalue weighted by atomic mass is 32.2. The third-order valence-electron chi connectivity index (χ3n) is 3.61. The number of carbonyl (C=O) groups is 1. The standard InChI is InChI=1S/C13H26N2OS/c1-3-10(9-17-2)15-13(16)11-7-5-4-6-8-12(11)14/h10-12H,3-9,14H2,1-2H3,(H,15,16). The van der Waals surface area contributed by atoms with Gasteiger partial charge in [0.2, 0.25) is 5.91 Å². The first-order chi connectivity index (χ1) is 8.19. The molecule has 3 nitrogen and oxygen atoms in total. The first-order valence-corrected chi connectivity index (χ1v) is 8.13. The molecule has 0 bridgehead atoms. The van der Waals surface area contributed by atoms with Gasteiger partial charge >= 0.3 is 0 Å². The van der Waals surface area contributed by atoms with Gasteiger partial charge in [-0.3, -0.25) is 4.79 Å². The number of thioether (sulfide) groups is 1. The van der Waals surface area contributed by atoms with E-state index in [-0.39, 0.29) is 17.9 Å². The van der Waals surface area contributed by atoms with Gasteiger partial charge in [-0.1, -0.05) is 26.2 Å². The number of amides is 1. The number of rotatable bonds is 5. The van der Waals surface area contributed by atoms with Gasteiger partial charge in [-0.05, 0) is 25.5 Å². The molecule has 0 heterocycles. The minimum absolute atomic E-state index is 0.0356. The maximum Gasteiger partial charge on any atom is 0.224 e. The molecular weight excluding hydrogens is 232 g/mol. The molecule has 0 spiro atoms. The zero-order valence-electron chi connectivity index (χ0n) is 11.1. The van der Waals surface area contributed by atoms with E-state index >= 15 is 0 Å². The van der Waals surface area contributed by atoms with Crippen LogP contribution in [0, 0.1) is 5.92 Å². The Hall–Kier alpha value is -0.220. The van der Waals surface area contributed by atoms with Gasteiger partial charge < -0.3 is 11.1 Å². The SMILES string of the molecule is CCC(CSC)NC(=O)C1CCCCCC1N. The molecule has 1 fully saturated rings. The van der Waals surface area contributed by atoms with Crippen LogP contribution in [0.3, 0.4) is 0 Å². The van der Waals surface area contributed by atoms with Gasteiger partial charge in [-0.25, -0.2) is 0 Å². The molecule has 0 aromatic rings. The van der Waals surface area contributed by atoms with Crippen molar-refractivity contribution in [2.75, 3.05) is 12.0 Å². The van der Waals surface area contributed by atoms with Crippen LogP contribution in [0.2, 0.25) is 0 Å². The van der Waals surface area contributed by atoms with Crippen LogP contribution in [0.4, 0.5) is 0 Å². The molecule has 0 radical (unpaired) electrons. The molecule has 100 valence electrons. The van der Waals surface area contributed by atoms with E-state index in [2.05, 4.69) is 18.5 Å². The van der Waals surface area contributed by atoms with Crippen LogP contribution in [0.15, 0.2) is 0 Å². The lowest BCUT2D eigenvalue weighted by Crippen LogP contribution is -2.45. The van der Waals surface area contributed by atoms with Gasteiger partial charge in [0.15, 0.2) is 0 Å². The molecule has 17 heavy (non-hydrogen) atoms. The average Bonchev–Trinajstić information content (AvgIpc) is 2.53. The van der Waals surface area contributed by atoms with Gasteiger partial charge in [0.25, 0.3) is 0 Å². The van der Waals surface area contributed by atoms with Gasteiger partial charge in [0, 0.05) is 17.8 Å². The van der Waals surface area contributed by atoms with Crippen molar-refractivity contribution in [2.45, 2.75) is 57.5 Å². The molecule has 0 aromatic heterocycles. The molecule has 0 aromatic carbocycles. The number of nitrogens with two attached hydrogens (primary N) is 1. The summed E-state index contributed by atoms with van der Waals surface area (Å²) in [6.45, 7) is 2.12. The predicted octanol–water partition coefficient (Wildman–Crippen LogP) is 2.15. The zero-order chi connectivity index (χ0) is 12.7. The van der Waals surface area contributed by atoms with Crippen molar-refractivity contribution < 1.29 is 4.79 Å². The van der Waals surface area contributed by atoms with Crippen LogP contribution in [0.25, 0.3) is 0 Å². The lowest BCUT2D eigenvalue weighted by molar-refractivity contribution is -0.126. The maximum atomic E-state index is 12.2. The number of carbonyl (C=O) groups excluding carboxylic acids is 1. The molecule has 3 unspecified atom stereocenters. The number of hydrogen-bond acceptors (Lipinski definition) is 3. The third kappa shape index (κ3) is 4.88. The summed E-state index contributed by atoms with van der Waals surface area (Å²) >= 11 is 1.78. The molecular formula is C13H26N2OS. The van der Waals surface area contributed by atoms with Crippen molar-refractivity contribution in [2.24, 2.45) is 11.7 Å². The Kier molecular flexibility index (Phi) is 6.97. The summed E-state index contributed by atoms with van der Waals surface area (Å²) in [5, 5.41) is 3.16. The lowest BCUT2D eigenvalue weighted by atomic mass is 9.94. The highest BCUT2D eigenvalue weighted by molar-refractivity contribution is 7.98. The summed E-state index contributed by atoms with van der Waals surface area (Å²) in [5.74, 6) is 1.21. The second-order valence-electron chi connectivity index (χ2n) is 4.98. The molecule has 4 heteroatoms. The van der Waals surface area contributed by atoms with Gasteiger partial charge in [-0.2, -0.15) is 11.8 Å². The Balaban J connectivity index is 2.48. The number of nitrogens with one attached hydrogen (secondary N) is 1. The van der Waals surface area contributed by atoms with Crippen molar-refractivity contribution >= 4 is 17.7 Å². The van der Waals surface area contributed by atoms with E-state index < -0.39 is 0 Å². The Morgan fingerprint density at radius 2 is 2.12 bits per heavy atom. The fourth-order valence-corrected chi connectivity index (χ4v) is 3.15. The molecule has 1 saturated carbocycles. The van der Waals surface area contributed by atoms with Gasteiger partial charge in [0.1, 0.15) is 0 Å². The van der Waals surface area contributed by atoms with Crippen LogP contribution in [0.1, 0.15) is 45.4 Å². The average molecular weight is 258 g/mol. The summed E-state index contributed by atoms with van der Waals surface area (Å²) in [6, 6.07) is 0.359. The van der Waals surface area contributed by atoms with Crippen LogP contribution >= 0.6 is 11.8 Å². The quantitative estimate of drug-likeness (QED) is 0.743. The summed E-state index contributed by atoms with van der Waals surface area (Å²) in [4.78, 5) is 12.2. The van der Waals surface area contributed by atoms with E-state index in [0.29, 0.717) is 6.04 Å². The summed E-state index contributed by atoms with van der Waals surface area (Å²) < 4.78 is 0. The summed E-state index contributed by atoms with van der Waals surface area (Å²) in [7, 11) is 0. The van der Waals surface area contributed by atoms with Crippen LogP contribution in [-0.4, -0.2) is 30.0 Å². The van der Waals surface area contributed by atoms with Crippen molar-refractivity contribution in [3.63, 3.8) is 0 Å². The minimum Gasteiger partial charge on any atom is -0.352 e. The van der Waals surface area contributed by atoms with Crippen molar-refractivity contribution in [1.82, 2.24) is 5.32 Å². The minimum atomic E-state index is 0.0356. The van der Waals surface area contributed by atoms with E-state index in [9.17, 15) is 4.79 Å². The van der Waals surface area contributed by atoms with E-state index in [1.807, 2.05) is 0 Å². The second-order valence-corrected chi connectivity index (χ2v) is 5.89. The van der Waals surface area contributed by atoms with Crippen LogP contribution in [-0.2, 0) is 4.79 Å². The van der Waals surface area contributed by atoms with E-state index in [1.165, 1.54) is 12.8 Å². The van der Waals surface area contributed by atoms with Crippen molar-refractivity contribution in [1.29, 1.82) is 0 Å². The molecule has 3 N–H and O–H groups in total. The third-order valence-corrected chi connectivity index (χ3v) is 4.35. The molecule has 1 aliphatic carbocycles. The predicted molar refractivity (Wildman–Crippen MR) is 75.2 cm³/mol. The molecule has 0 saturated heterocycles. The Labute approximate surface area is 109 Å². The van der Waals surface area contributed by atoms with E-state index in [1.54, 1.807) is 11.8 Å². The zero-order valence-corrected chi connectivity index (χ0v) is 11.9. The van der Waals surface area contributed by atoms with Gasteiger partial charge in [-0.15, -0.1) is 0 Å². The first-order valence-electron chi connectivity index (χ1n) is 6.74. The molecule has 1 amide bonds. The molecule has 1 aliphatic rings. The maximum absolute atomic E-state index is 12.2. The van der Waals surface area contributed by atoms with Crippen LogP contribution < -0.4 is 11.1 Å². The normalized spacial score (nSPS) is 27.2. The fraction of sp³-hybridized carbons (Fsp3) is 0.923. The number of hydrogen-bond donors (Lipinski definition) is 2. The molecule has 0 aliphatic heterocycles. The first kappa shape index (κ1) is 14.8. The second kappa shape index (κ2) is 7.98. The van der Waals surface area contributed by atoms with Crippen LogP contribution in [0.5, 0.6) is 0 Å². The van der Waals surface area contributed by atoms with Crippen molar-refractivity contribution in [3.8, 4) is 0 Å². The Morgan fingerprint density at radius 3 is 2.76 bits per heavy atom. The molecule has 3 atom stereocenters. The smallest absolute Gasteiger partial charge is 0.224 e. The summed E-state index contributed by atoms with van der Waals surface area (Å²) in [5.41, 5.74) is 6.10. The summed E-state index contributed by atoms with van der Waals surface area (Å²) in [6.07, 6.45) is 8.57. The fourth-order valence-electron chi connectivity index (χ4n) is 2.43. The Morgan fingerprint density at radius 1 is 1.41 bits per heavy atom. The topological polar surface area (TPSA) is 55.1 Å². The Bertz CT molecular complexity index is 235. The van der Waals surface area contributed by atoms with Crippen molar-refractivity contribution in [3.05, 3.63) is 0 Å². The lowest BCUT2D eigenvalue weighted by Gasteiger charge is -2.24. The highest BCUT2D eigenvalue weighted by Gasteiger charge is 2.27.